The average molecular weight is 500 g/mol. The van der Waals surface area contributed by atoms with Gasteiger partial charge in [-0.2, -0.15) is 17.7 Å². The molecule has 1 rings (SSSR count). The van der Waals surface area contributed by atoms with E-state index in [1.54, 1.807) is 5.06 Å². The highest BCUT2D eigenvalue weighted by Gasteiger charge is 2.28. The fraction of sp³-hybridized carbons (Fsp3) is 0.893. The summed E-state index contributed by atoms with van der Waals surface area (Å²) >= 11 is 4.22. The Morgan fingerprint density at radius 3 is 2.00 bits per heavy atom. The van der Waals surface area contributed by atoms with Crippen molar-refractivity contribution in [3.63, 3.8) is 0 Å². The van der Waals surface area contributed by atoms with Crippen molar-refractivity contribution in [2.24, 2.45) is 0 Å². The predicted octanol–water partition coefficient (Wildman–Crippen LogP) is 7.95. The molecular weight excluding hydrogens is 446 g/mol. The monoisotopic (exact) mass is 499 g/mol. The lowest BCUT2D eigenvalue weighted by Gasteiger charge is -2.32. The third-order valence-electron chi connectivity index (χ3n) is 6.59. The quantitative estimate of drug-likeness (QED) is 0.0646. The zero-order valence-corrected chi connectivity index (χ0v) is 22.8. The lowest BCUT2D eigenvalue weighted by Crippen LogP contribution is -2.46. The first-order valence-corrected chi connectivity index (χ1v) is 14.9. The topological polar surface area (TPSA) is 59.0 Å². The average Bonchev–Trinajstić information content (AvgIpc) is 2.84. The summed E-state index contributed by atoms with van der Waals surface area (Å²) in [4.78, 5) is 17.5. The van der Waals surface area contributed by atoms with Gasteiger partial charge in [0.05, 0.1) is 0 Å². The molecule has 0 aromatic carbocycles. The molecular formula is C28H53NO4S. The number of allylic oxidation sites excluding steroid dienone is 2. The number of hydroxylamine groups is 2. The van der Waals surface area contributed by atoms with Crippen LogP contribution in [-0.4, -0.2) is 47.4 Å². The van der Waals surface area contributed by atoms with Gasteiger partial charge in [-0.3, -0.25) is 9.63 Å². The van der Waals surface area contributed by atoms with E-state index in [-0.39, 0.29) is 12.0 Å². The molecule has 1 aliphatic rings. The van der Waals surface area contributed by atoms with Gasteiger partial charge in [0.25, 0.3) is 0 Å². The smallest absolute Gasteiger partial charge is 0.324 e. The minimum Gasteiger partial charge on any atom is -0.480 e. The molecule has 5 nitrogen and oxygen atoms in total. The van der Waals surface area contributed by atoms with Crippen LogP contribution >= 0.6 is 12.6 Å². The van der Waals surface area contributed by atoms with Gasteiger partial charge in [-0.15, -0.1) is 0 Å². The molecule has 0 bridgehead atoms. The summed E-state index contributed by atoms with van der Waals surface area (Å²) in [5.41, 5.74) is 0. The number of carboxylic acids is 1. The van der Waals surface area contributed by atoms with Crippen molar-refractivity contribution in [2.75, 3.05) is 18.9 Å². The van der Waals surface area contributed by atoms with Crippen LogP contribution in [0.25, 0.3) is 0 Å². The van der Waals surface area contributed by atoms with Gasteiger partial charge >= 0.3 is 5.97 Å². The SMILES string of the molecule is CCCCCCCCCCCCC=CCCCCCCN(OC1CCCCO1)[C@@H](CS)C(=O)O. The Morgan fingerprint density at radius 1 is 0.941 bits per heavy atom. The second-order valence-electron chi connectivity index (χ2n) is 9.72. The fourth-order valence-electron chi connectivity index (χ4n) is 4.39. The zero-order chi connectivity index (χ0) is 24.7. The molecule has 0 aromatic heterocycles. The number of thiol groups is 1. The van der Waals surface area contributed by atoms with Crippen molar-refractivity contribution in [1.29, 1.82) is 0 Å². The van der Waals surface area contributed by atoms with Gasteiger partial charge in [0.2, 0.25) is 0 Å². The third-order valence-corrected chi connectivity index (χ3v) is 6.93. The normalized spacial score (nSPS) is 17.6. The Morgan fingerprint density at radius 2 is 1.50 bits per heavy atom. The first kappa shape index (κ1) is 31.5. The van der Waals surface area contributed by atoms with Crippen molar-refractivity contribution in [3.05, 3.63) is 12.2 Å². The van der Waals surface area contributed by atoms with Gasteiger partial charge in [-0.25, -0.2) is 0 Å². The molecule has 1 unspecified atom stereocenters. The molecule has 200 valence electrons. The number of hydrogen-bond acceptors (Lipinski definition) is 5. The van der Waals surface area contributed by atoms with Gasteiger partial charge in [-0.05, 0) is 44.9 Å². The lowest BCUT2D eigenvalue weighted by atomic mass is 10.1. The Hall–Kier alpha value is -0.560. The zero-order valence-electron chi connectivity index (χ0n) is 21.9. The molecule has 0 spiro atoms. The van der Waals surface area contributed by atoms with Crippen molar-refractivity contribution in [1.82, 2.24) is 5.06 Å². The Bertz CT molecular complexity index is 497. The maximum atomic E-state index is 11.6. The minimum absolute atomic E-state index is 0.228. The second-order valence-corrected chi connectivity index (χ2v) is 10.1. The fourth-order valence-corrected chi connectivity index (χ4v) is 4.73. The number of rotatable bonds is 23. The molecule has 0 aromatic rings. The van der Waals surface area contributed by atoms with Crippen LogP contribution in [0.3, 0.4) is 0 Å². The maximum Gasteiger partial charge on any atom is 0.324 e. The van der Waals surface area contributed by atoms with Crippen LogP contribution in [0.15, 0.2) is 12.2 Å². The van der Waals surface area contributed by atoms with Crippen molar-refractivity contribution in [3.8, 4) is 0 Å². The van der Waals surface area contributed by atoms with Crippen molar-refractivity contribution < 1.29 is 19.5 Å². The Kier molecular flexibility index (Phi) is 21.2. The highest BCUT2D eigenvalue weighted by Crippen LogP contribution is 2.18. The number of nitrogens with zero attached hydrogens (tertiary/aromatic N) is 1. The number of hydrogen-bond donors (Lipinski definition) is 2. The van der Waals surface area contributed by atoms with Crippen molar-refractivity contribution >= 4 is 18.6 Å². The maximum absolute atomic E-state index is 11.6. The minimum atomic E-state index is -0.890. The van der Waals surface area contributed by atoms with Crippen LogP contribution in [0.5, 0.6) is 0 Å². The molecule has 1 fully saturated rings. The summed E-state index contributed by atoms with van der Waals surface area (Å²) in [6, 6.07) is -0.734. The number of aliphatic carboxylic acids is 1. The number of carbonyl (C=O) groups is 1. The number of carboxylic acid groups (broad SMARTS) is 1. The number of ether oxygens (including phenoxy) is 1. The lowest BCUT2D eigenvalue weighted by molar-refractivity contribution is -0.300. The number of unbranched alkanes of at least 4 members (excludes halogenated alkanes) is 14. The van der Waals surface area contributed by atoms with E-state index < -0.39 is 12.0 Å². The predicted molar refractivity (Wildman–Crippen MR) is 145 cm³/mol. The molecule has 1 aliphatic heterocycles. The summed E-state index contributed by atoms with van der Waals surface area (Å²) in [6.07, 6.45) is 27.9. The summed E-state index contributed by atoms with van der Waals surface area (Å²) in [6.45, 7) is 3.56. The van der Waals surface area contributed by atoms with E-state index in [9.17, 15) is 9.90 Å². The molecule has 1 saturated heterocycles. The first-order valence-electron chi connectivity index (χ1n) is 14.2. The van der Waals surface area contributed by atoms with Gasteiger partial charge < -0.3 is 9.84 Å². The highest BCUT2D eigenvalue weighted by atomic mass is 32.1. The molecule has 0 amide bonds. The molecule has 1 heterocycles. The van der Waals surface area contributed by atoms with Crippen LogP contribution < -0.4 is 0 Å². The molecule has 0 saturated carbocycles. The second kappa shape index (κ2) is 22.9. The highest BCUT2D eigenvalue weighted by molar-refractivity contribution is 7.80. The summed E-state index contributed by atoms with van der Waals surface area (Å²) < 4.78 is 5.63. The van der Waals surface area contributed by atoms with Gasteiger partial charge in [0.1, 0.15) is 6.04 Å². The van der Waals surface area contributed by atoms with Crippen LogP contribution in [0.1, 0.15) is 129 Å². The van der Waals surface area contributed by atoms with Gasteiger partial charge in [-0.1, -0.05) is 89.7 Å². The van der Waals surface area contributed by atoms with E-state index in [1.807, 2.05) is 0 Å². The summed E-state index contributed by atoms with van der Waals surface area (Å²) in [7, 11) is 0. The molecule has 1 N–H and O–H groups in total. The van der Waals surface area contributed by atoms with E-state index in [1.165, 1.54) is 77.0 Å². The van der Waals surface area contributed by atoms with E-state index in [4.69, 9.17) is 9.57 Å². The molecule has 2 atom stereocenters. The van der Waals surface area contributed by atoms with Gasteiger partial charge in [0, 0.05) is 25.3 Å². The molecule has 6 heteroatoms. The van der Waals surface area contributed by atoms with Crippen LogP contribution in [0.2, 0.25) is 0 Å². The van der Waals surface area contributed by atoms with E-state index in [2.05, 4.69) is 31.7 Å². The molecule has 0 radical (unpaired) electrons. The van der Waals surface area contributed by atoms with E-state index in [0.717, 1.165) is 44.9 Å². The van der Waals surface area contributed by atoms with E-state index in [0.29, 0.717) is 13.2 Å². The third kappa shape index (κ3) is 17.0. The standard InChI is InChI=1S/C28H53NO4S/c1-2-3-4-5-6-7-8-9-10-11-12-13-14-15-16-17-18-20-23-29(26(25-34)28(30)31)33-27-22-19-21-24-32-27/h13-14,26-27,34H,2-12,15-25H2,1H3,(H,30,31)/t26-,27?/m0/s1. The largest absolute Gasteiger partial charge is 0.480 e. The van der Waals surface area contributed by atoms with Crippen LogP contribution in [0, 0.1) is 0 Å². The van der Waals surface area contributed by atoms with Gasteiger partial charge in [0.15, 0.2) is 6.29 Å². The van der Waals surface area contributed by atoms with Crippen LogP contribution in [0.4, 0.5) is 0 Å². The molecule has 0 aliphatic carbocycles. The van der Waals surface area contributed by atoms with Crippen molar-refractivity contribution in [2.45, 2.75) is 141 Å². The summed E-state index contributed by atoms with van der Waals surface area (Å²) in [5.74, 6) is -0.662. The first-order chi connectivity index (χ1) is 16.7. The summed E-state index contributed by atoms with van der Waals surface area (Å²) in [5, 5.41) is 11.1. The Labute approximate surface area is 215 Å². The van der Waals surface area contributed by atoms with Crippen LogP contribution in [-0.2, 0) is 14.4 Å². The molecule has 34 heavy (non-hydrogen) atoms. The van der Waals surface area contributed by atoms with E-state index >= 15 is 0 Å². The Balaban J connectivity index is 2.01.